The number of methoxy groups -OCH3 is 1. The second kappa shape index (κ2) is 9.77. The Morgan fingerprint density at radius 3 is 2.47 bits per heavy atom. The van der Waals surface area contributed by atoms with E-state index >= 15 is 0 Å². The minimum Gasteiger partial charge on any atom is -0.493 e. The number of hydrogen-bond donors (Lipinski definition) is 0. The first-order valence-corrected chi connectivity index (χ1v) is 12.0. The smallest absolute Gasteiger partial charge is 0.340 e. The van der Waals surface area contributed by atoms with E-state index in [9.17, 15) is 9.18 Å². The van der Waals surface area contributed by atoms with Crippen LogP contribution in [0.15, 0.2) is 66.7 Å². The van der Waals surface area contributed by atoms with Crippen LogP contribution in [-0.4, -0.2) is 37.7 Å². The SMILES string of the molecule is COC(=O)c1cc(C2CC2)c(OCC2CN(C(c3ccccc3)c3cccc(Cl)c3)C2)cc1F. The van der Waals surface area contributed by atoms with E-state index in [2.05, 4.69) is 35.2 Å². The number of carbonyl (C=O) groups excluding carboxylic acids is 1. The summed E-state index contributed by atoms with van der Waals surface area (Å²) in [6.07, 6.45) is 2.05. The van der Waals surface area contributed by atoms with E-state index in [1.165, 1.54) is 18.7 Å². The fourth-order valence-electron chi connectivity index (χ4n) is 4.74. The van der Waals surface area contributed by atoms with Gasteiger partial charge in [-0.25, -0.2) is 9.18 Å². The van der Waals surface area contributed by atoms with Crippen LogP contribution in [0.25, 0.3) is 0 Å². The molecule has 0 radical (unpaired) electrons. The first-order chi connectivity index (χ1) is 16.5. The lowest BCUT2D eigenvalue weighted by atomic mass is 9.90. The molecule has 1 saturated heterocycles. The first-order valence-electron chi connectivity index (χ1n) is 11.6. The fourth-order valence-corrected chi connectivity index (χ4v) is 4.94. The van der Waals surface area contributed by atoms with Crippen molar-refractivity contribution >= 4 is 17.6 Å². The Bertz CT molecular complexity index is 1180. The number of likely N-dealkylation sites (tertiary alicyclic amines) is 1. The monoisotopic (exact) mass is 479 g/mol. The number of carbonyl (C=O) groups is 1. The third-order valence-electron chi connectivity index (χ3n) is 6.63. The van der Waals surface area contributed by atoms with Crippen LogP contribution < -0.4 is 4.74 Å². The average molecular weight is 480 g/mol. The number of halogens is 2. The van der Waals surface area contributed by atoms with Gasteiger partial charge < -0.3 is 9.47 Å². The minimum absolute atomic E-state index is 0.0289. The van der Waals surface area contributed by atoms with Gasteiger partial charge in [0.2, 0.25) is 0 Å². The van der Waals surface area contributed by atoms with Gasteiger partial charge in [-0.05, 0) is 53.6 Å². The summed E-state index contributed by atoms with van der Waals surface area (Å²) >= 11 is 6.29. The summed E-state index contributed by atoms with van der Waals surface area (Å²) in [5.74, 6) is -0.0660. The first kappa shape index (κ1) is 22.9. The molecule has 0 spiro atoms. The Labute approximate surface area is 204 Å². The van der Waals surface area contributed by atoms with Crippen molar-refractivity contribution in [1.29, 1.82) is 0 Å². The van der Waals surface area contributed by atoms with Crippen LogP contribution in [0.5, 0.6) is 5.75 Å². The van der Waals surface area contributed by atoms with Gasteiger partial charge in [-0.3, -0.25) is 4.90 Å². The molecule has 5 rings (SSSR count). The molecule has 3 aromatic rings. The van der Waals surface area contributed by atoms with Crippen molar-refractivity contribution in [3.8, 4) is 5.75 Å². The molecule has 176 valence electrons. The average Bonchev–Trinajstić information content (AvgIpc) is 3.66. The molecule has 0 aromatic heterocycles. The van der Waals surface area contributed by atoms with Gasteiger partial charge in [-0.1, -0.05) is 54.1 Å². The maximum Gasteiger partial charge on any atom is 0.340 e. The van der Waals surface area contributed by atoms with E-state index in [0.29, 0.717) is 24.2 Å². The largest absolute Gasteiger partial charge is 0.493 e. The Morgan fingerprint density at radius 1 is 1.06 bits per heavy atom. The number of nitrogens with zero attached hydrogens (tertiary/aromatic N) is 1. The van der Waals surface area contributed by atoms with Crippen molar-refractivity contribution in [3.63, 3.8) is 0 Å². The molecule has 2 aliphatic rings. The maximum atomic E-state index is 14.5. The van der Waals surface area contributed by atoms with Crippen LogP contribution in [0.2, 0.25) is 5.02 Å². The van der Waals surface area contributed by atoms with Crippen molar-refractivity contribution in [2.75, 3.05) is 26.8 Å². The van der Waals surface area contributed by atoms with Crippen molar-refractivity contribution < 1.29 is 18.7 Å². The predicted octanol–water partition coefficient (Wildman–Crippen LogP) is 6.24. The zero-order valence-corrected chi connectivity index (χ0v) is 19.8. The predicted molar refractivity (Wildman–Crippen MR) is 130 cm³/mol. The molecule has 0 bridgehead atoms. The summed E-state index contributed by atoms with van der Waals surface area (Å²) in [4.78, 5) is 14.3. The lowest BCUT2D eigenvalue weighted by molar-refractivity contribution is 0.0375. The Balaban J connectivity index is 1.28. The number of ether oxygens (including phenoxy) is 2. The van der Waals surface area contributed by atoms with Crippen LogP contribution in [-0.2, 0) is 4.74 Å². The Kier molecular flexibility index (Phi) is 6.57. The van der Waals surface area contributed by atoms with Gasteiger partial charge in [0.1, 0.15) is 11.6 Å². The zero-order valence-electron chi connectivity index (χ0n) is 19.0. The summed E-state index contributed by atoms with van der Waals surface area (Å²) in [6.45, 7) is 2.24. The van der Waals surface area contributed by atoms with E-state index in [1.54, 1.807) is 6.07 Å². The summed E-state index contributed by atoms with van der Waals surface area (Å²) in [7, 11) is 1.26. The van der Waals surface area contributed by atoms with E-state index in [-0.39, 0.29) is 11.6 Å². The zero-order chi connectivity index (χ0) is 23.7. The quantitative estimate of drug-likeness (QED) is 0.358. The molecule has 2 fully saturated rings. The second-order valence-corrected chi connectivity index (χ2v) is 9.57. The topological polar surface area (TPSA) is 38.8 Å². The highest BCUT2D eigenvalue weighted by Crippen LogP contribution is 2.45. The number of benzene rings is 3. The molecule has 4 nitrogen and oxygen atoms in total. The molecule has 34 heavy (non-hydrogen) atoms. The highest BCUT2D eigenvalue weighted by Gasteiger charge is 2.35. The van der Waals surface area contributed by atoms with Gasteiger partial charge in [-0.15, -0.1) is 0 Å². The third kappa shape index (κ3) is 4.82. The van der Waals surface area contributed by atoms with Crippen LogP contribution in [0.3, 0.4) is 0 Å². The molecule has 1 saturated carbocycles. The van der Waals surface area contributed by atoms with E-state index in [4.69, 9.17) is 21.1 Å². The van der Waals surface area contributed by atoms with Crippen molar-refractivity contribution in [2.45, 2.75) is 24.8 Å². The molecular formula is C28H27ClFNO3. The van der Waals surface area contributed by atoms with Crippen molar-refractivity contribution in [3.05, 3.63) is 99.8 Å². The second-order valence-electron chi connectivity index (χ2n) is 9.13. The van der Waals surface area contributed by atoms with Gasteiger partial charge >= 0.3 is 5.97 Å². The highest BCUT2D eigenvalue weighted by atomic mass is 35.5. The van der Waals surface area contributed by atoms with Gasteiger partial charge in [0.05, 0.1) is 25.3 Å². The van der Waals surface area contributed by atoms with E-state index in [0.717, 1.165) is 42.1 Å². The molecule has 1 aliphatic heterocycles. The third-order valence-corrected chi connectivity index (χ3v) is 6.86. The normalized spacial score (nSPS) is 17.1. The molecule has 6 heteroatoms. The summed E-state index contributed by atoms with van der Waals surface area (Å²) in [5, 5.41) is 0.726. The van der Waals surface area contributed by atoms with Crippen molar-refractivity contribution in [2.24, 2.45) is 5.92 Å². The maximum absolute atomic E-state index is 14.5. The molecule has 0 amide bonds. The molecule has 3 aromatic carbocycles. The summed E-state index contributed by atoms with van der Waals surface area (Å²) in [6, 6.07) is 21.5. The van der Waals surface area contributed by atoms with Crippen LogP contribution in [0.4, 0.5) is 4.39 Å². The van der Waals surface area contributed by atoms with Crippen LogP contribution >= 0.6 is 11.6 Å². The lowest BCUT2D eigenvalue weighted by Crippen LogP contribution is -2.51. The van der Waals surface area contributed by atoms with Gasteiger partial charge in [0.15, 0.2) is 0 Å². The summed E-state index contributed by atoms with van der Waals surface area (Å²) in [5.41, 5.74) is 3.26. The van der Waals surface area contributed by atoms with Crippen LogP contribution in [0, 0.1) is 11.7 Å². The number of hydrogen-bond acceptors (Lipinski definition) is 4. The Morgan fingerprint density at radius 2 is 1.79 bits per heavy atom. The molecule has 1 heterocycles. The van der Waals surface area contributed by atoms with E-state index < -0.39 is 11.8 Å². The molecule has 1 unspecified atom stereocenters. The van der Waals surface area contributed by atoms with Gasteiger partial charge in [0.25, 0.3) is 0 Å². The number of rotatable bonds is 8. The summed E-state index contributed by atoms with van der Waals surface area (Å²) < 4.78 is 25.4. The highest BCUT2D eigenvalue weighted by molar-refractivity contribution is 6.30. The molecule has 1 atom stereocenters. The van der Waals surface area contributed by atoms with E-state index in [1.807, 2.05) is 24.3 Å². The van der Waals surface area contributed by atoms with Crippen molar-refractivity contribution in [1.82, 2.24) is 4.90 Å². The van der Waals surface area contributed by atoms with Crippen LogP contribution in [0.1, 0.15) is 51.8 Å². The molecular weight excluding hydrogens is 453 g/mol. The molecule has 0 N–H and O–H groups in total. The van der Waals surface area contributed by atoms with Gasteiger partial charge in [0, 0.05) is 30.1 Å². The standard InChI is InChI=1S/C28H27ClFNO3/c1-33-28(32)24-13-23(19-10-11-19)26(14-25(24)30)34-17-18-15-31(16-18)27(20-6-3-2-4-7-20)21-8-5-9-22(29)12-21/h2-9,12-14,18-19,27H,10-11,15-17H2,1H3. The minimum atomic E-state index is -0.659. The fraction of sp³-hybridized carbons (Fsp3) is 0.321. The van der Waals surface area contributed by atoms with Gasteiger partial charge in [-0.2, -0.15) is 0 Å². The number of esters is 1. The molecule has 1 aliphatic carbocycles. The lowest BCUT2D eigenvalue weighted by Gasteiger charge is -2.44. The Hall–Kier alpha value is -2.89.